The molecular formula is C19H22BrNO3S. The van der Waals surface area contributed by atoms with E-state index in [9.17, 15) is 9.00 Å². The first-order valence-corrected chi connectivity index (χ1v) is 9.78. The largest absolute Gasteiger partial charge is 0.469 e. The Labute approximate surface area is 159 Å². The van der Waals surface area contributed by atoms with Crippen molar-refractivity contribution in [3.63, 3.8) is 0 Å². The van der Waals surface area contributed by atoms with Crippen molar-refractivity contribution in [2.24, 2.45) is 5.41 Å². The maximum atomic E-state index is 12.8. The number of hydrogen-bond acceptors (Lipinski definition) is 3. The highest BCUT2D eigenvalue weighted by Gasteiger charge is 2.40. The third-order valence-corrected chi connectivity index (χ3v) is 5.78. The van der Waals surface area contributed by atoms with Crippen LogP contribution in [0.15, 0.2) is 57.9 Å². The van der Waals surface area contributed by atoms with Gasteiger partial charge in [-0.25, -0.2) is 8.93 Å². The van der Waals surface area contributed by atoms with Crippen molar-refractivity contribution < 1.29 is 13.7 Å². The summed E-state index contributed by atoms with van der Waals surface area (Å²) in [7, 11) is -0.101. The number of hydrogen-bond donors (Lipinski definition) is 1. The van der Waals surface area contributed by atoms with Crippen LogP contribution in [0.25, 0.3) is 0 Å². The third-order valence-electron chi connectivity index (χ3n) is 4.10. The molecule has 1 unspecified atom stereocenters. The molecule has 134 valence electrons. The lowest BCUT2D eigenvalue weighted by Crippen LogP contribution is -2.41. The van der Waals surface area contributed by atoms with Gasteiger partial charge in [0.15, 0.2) is 0 Å². The molecule has 0 fully saturated rings. The van der Waals surface area contributed by atoms with Gasteiger partial charge in [-0.1, -0.05) is 45.8 Å². The van der Waals surface area contributed by atoms with Crippen LogP contribution in [0.3, 0.4) is 0 Å². The molecule has 0 aliphatic rings. The molecule has 2 aromatic carbocycles. The molecule has 0 heterocycles. The van der Waals surface area contributed by atoms with Crippen LogP contribution >= 0.6 is 15.9 Å². The second-order valence-corrected chi connectivity index (χ2v) is 8.56. The van der Waals surface area contributed by atoms with E-state index in [-0.39, 0.29) is 5.97 Å². The summed E-state index contributed by atoms with van der Waals surface area (Å²) in [6.07, 6.45) is 0. The number of aryl methyl sites for hydroxylation is 1. The van der Waals surface area contributed by atoms with Gasteiger partial charge in [0.25, 0.3) is 0 Å². The van der Waals surface area contributed by atoms with E-state index in [1.165, 1.54) is 7.11 Å². The van der Waals surface area contributed by atoms with Crippen molar-refractivity contribution >= 4 is 32.9 Å². The minimum absolute atomic E-state index is 0.367. The Kier molecular flexibility index (Phi) is 6.54. The second-order valence-electron chi connectivity index (χ2n) is 6.40. The van der Waals surface area contributed by atoms with Crippen LogP contribution < -0.4 is 4.72 Å². The van der Waals surface area contributed by atoms with Gasteiger partial charge in [-0.15, -0.1) is 0 Å². The Morgan fingerprint density at radius 2 is 1.68 bits per heavy atom. The molecule has 0 radical (unpaired) electrons. The molecule has 0 amide bonds. The van der Waals surface area contributed by atoms with Gasteiger partial charge in [-0.2, -0.15) is 0 Å². The van der Waals surface area contributed by atoms with Crippen molar-refractivity contribution in [3.05, 3.63) is 64.1 Å². The maximum Gasteiger partial charge on any atom is 0.313 e. The Balaban J connectivity index is 2.37. The quantitative estimate of drug-likeness (QED) is 0.704. The monoisotopic (exact) mass is 423 g/mol. The van der Waals surface area contributed by atoms with Crippen LogP contribution in [-0.2, 0) is 20.5 Å². The lowest BCUT2D eigenvalue weighted by molar-refractivity contribution is -0.152. The summed E-state index contributed by atoms with van der Waals surface area (Å²) >= 11 is 3.41. The van der Waals surface area contributed by atoms with Crippen LogP contribution in [-0.4, -0.2) is 17.3 Å². The van der Waals surface area contributed by atoms with E-state index in [1.807, 2.05) is 55.5 Å². The molecule has 25 heavy (non-hydrogen) atoms. The average Bonchev–Trinajstić information content (AvgIpc) is 2.60. The summed E-state index contributed by atoms with van der Waals surface area (Å²) in [5.41, 5.74) is 1.06. The Morgan fingerprint density at radius 3 is 2.20 bits per heavy atom. The Bertz CT molecular complexity index is 757. The molecule has 2 atom stereocenters. The molecular weight excluding hydrogens is 402 g/mol. The van der Waals surface area contributed by atoms with Gasteiger partial charge < -0.3 is 4.74 Å². The number of methoxy groups -OCH3 is 1. The zero-order chi connectivity index (χ0) is 18.6. The first-order valence-electron chi connectivity index (χ1n) is 7.84. The molecule has 0 saturated heterocycles. The van der Waals surface area contributed by atoms with Crippen molar-refractivity contribution in [2.75, 3.05) is 7.11 Å². The highest BCUT2D eigenvalue weighted by molar-refractivity contribution is 9.10. The highest BCUT2D eigenvalue weighted by Crippen LogP contribution is 2.36. The van der Waals surface area contributed by atoms with E-state index in [2.05, 4.69) is 20.7 Å². The maximum absolute atomic E-state index is 12.8. The standard InChI is InChI=1S/C19H22BrNO3S/c1-13-5-11-16(12-6-13)25(23)21-17(19(2,3)18(22)24-4)14-7-9-15(20)10-8-14/h5-12,17,21H,1-4H3/t17-,25?/m0/s1. The predicted molar refractivity (Wildman–Crippen MR) is 103 cm³/mol. The van der Waals surface area contributed by atoms with E-state index in [0.29, 0.717) is 4.90 Å². The lowest BCUT2D eigenvalue weighted by Gasteiger charge is -2.32. The van der Waals surface area contributed by atoms with E-state index in [0.717, 1.165) is 15.6 Å². The van der Waals surface area contributed by atoms with Gasteiger partial charge in [0, 0.05) is 4.47 Å². The number of rotatable bonds is 6. The zero-order valence-electron chi connectivity index (χ0n) is 14.7. The molecule has 6 heteroatoms. The fourth-order valence-corrected chi connectivity index (χ4v) is 3.93. The minimum Gasteiger partial charge on any atom is -0.469 e. The highest BCUT2D eigenvalue weighted by atomic mass is 79.9. The van der Waals surface area contributed by atoms with Gasteiger partial charge in [-0.05, 0) is 50.6 Å². The van der Waals surface area contributed by atoms with Gasteiger partial charge in [-0.3, -0.25) is 4.79 Å². The molecule has 0 aromatic heterocycles. The van der Waals surface area contributed by atoms with Crippen molar-refractivity contribution in [3.8, 4) is 0 Å². The van der Waals surface area contributed by atoms with Crippen molar-refractivity contribution in [1.82, 2.24) is 4.72 Å². The molecule has 0 aliphatic carbocycles. The fourth-order valence-electron chi connectivity index (χ4n) is 2.51. The normalized spacial score (nSPS) is 14.0. The van der Waals surface area contributed by atoms with Crippen molar-refractivity contribution in [1.29, 1.82) is 0 Å². The molecule has 2 aromatic rings. The van der Waals surface area contributed by atoms with Crippen LogP contribution in [0.1, 0.15) is 31.0 Å². The number of halogens is 1. The van der Waals surface area contributed by atoms with Crippen LogP contribution in [0, 0.1) is 12.3 Å². The van der Waals surface area contributed by atoms with E-state index in [4.69, 9.17) is 4.74 Å². The number of carbonyl (C=O) groups is 1. The minimum atomic E-state index is -1.46. The van der Waals surface area contributed by atoms with Gasteiger partial charge in [0.1, 0.15) is 11.0 Å². The summed E-state index contributed by atoms with van der Waals surface area (Å²) in [6.45, 7) is 5.54. The fraction of sp³-hybridized carbons (Fsp3) is 0.316. The van der Waals surface area contributed by atoms with Crippen molar-refractivity contribution in [2.45, 2.75) is 31.7 Å². The van der Waals surface area contributed by atoms with Crippen LogP contribution in [0.4, 0.5) is 0 Å². The molecule has 4 nitrogen and oxygen atoms in total. The summed E-state index contributed by atoms with van der Waals surface area (Å²) in [6, 6.07) is 14.6. The number of carbonyl (C=O) groups excluding carboxylic acids is 1. The predicted octanol–water partition coefficient (Wildman–Crippen LogP) is 4.31. The number of ether oxygens (including phenoxy) is 1. The summed E-state index contributed by atoms with van der Waals surface area (Å²) < 4.78 is 21.8. The first-order chi connectivity index (χ1) is 11.8. The molecule has 1 N–H and O–H groups in total. The number of nitrogens with one attached hydrogen (secondary N) is 1. The number of benzene rings is 2. The van der Waals surface area contributed by atoms with Crippen LogP contribution in [0.2, 0.25) is 0 Å². The lowest BCUT2D eigenvalue weighted by atomic mass is 9.81. The molecule has 0 aliphatic heterocycles. The van der Waals surface area contributed by atoms with Crippen LogP contribution in [0.5, 0.6) is 0 Å². The van der Waals surface area contributed by atoms with E-state index < -0.39 is 22.4 Å². The molecule has 0 bridgehead atoms. The SMILES string of the molecule is COC(=O)C(C)(C)[C@@H](NS(=O)c1ccc(C)cc1)c1ccc(Br)cc1. The topological polar surface area (TPSA) is 55.4 Å². The molecule has 0 spiro atoms. The van der Waals surface area contributed by atoms with Gasteiger partial charge >= 0.3 is 5.97 Å². The summed E-state index contributed by atoms with van der Waals surface area (Å²) in [5.74, 6) is -0.367. The molecule has 0 saturated carbocycles. The van der Waals surface area contributed by atoms with Gasteiger partial charge in [0.05, 0.1) is 23.5 Å². The smallest absolute Gasteiger partial charge is 0.313 e. The number of esters is 1. The van der Waals surface area contributed by atoms with E-state index in [1.54, 1.807) is 13.8 Å². The third kappa shape index (κ3) is 4.77. The zero-order valence-corrected chi connectivity index (χ0v) is 17.1. The van der Waals surface area contributed by atoms with E-state index >= 15 is 0 Å². The molecule has 2 rings (SSSR count). The Morgan fingerprint density at radius 1 is 1.12 bits per heavy atom. The summed E-state index contributed by atoms with van der Waals surface area (Å²) in [4.78, 5) is 13.0. The second kappa shape index (κ2) is 8.25. The first kappa shape index (κ1) is 19.8. The Hall–Kier alpha value is -1.50. The summed E-state index contributed by atoms with van der Waals surface area (Å²) in [5, 5.41) is 0. The van der Waals surface area contributed by atoms with Gasteiger partial charge in [0.2, 0.25) is 0 Å². The average molecular weight is 424 g/mol.